The fraction of sp³-hybridized carbons (Fsp3) is 0.222. The van der Waals surface area contributed by atoms with Gasteiger partial charge in [-0.05, 0) is 37.1 Å². The van der Waals surface area contributed by atoms with Crippen LogP contribution in [0.15, 0.2) is 42.6 Å². The summed E-state index contributed by atoms with van der Waals surface area (Å²) in [6, 6.07) is 11.8. The van der Waals surface area contributed by atoms with Crippen molar-refractivity contribution < 1.29 is 9.59 Å². The summed E-state index contributed by atoms with van der Waals surface area (Å²) in [6.45, 7) is 1.46. The quantitative estimate of drug-likeness (QED) is 0.941. The van der Waals surface area contributed by atoms with E-state index in [-0.39, 0.29) is 17.5 Å². The molecular weight excluding hydrogens is 304 g/mol. The van der Waals surface area contributed by atoms with Crippen molar-refractivity contribution in [2.24, 2.45) is 0 Å². The number of hydrogen-bond acceptors (Lipinski definition) is 4. The third-order valence-electron chi connectivity index (χ3n) is 3.93. The van der Waals surface area contributed by atoms with E-state index in [9.17, 15) is 9.59 Å². The first-order valence-corrected chi connectivity index (χ1v) is 7.75. The minimum atomic E-state index is -0.379. The number of nitrogens with one attached hydrogen (secondary N) is 1. The second-order valence-corrected chi connectivity index (χ2v) is 5.54. The van der Waals surface area contributed by atoms with Crippen LogP contribution in [0.5, 0.6) is 0 Å². The van der Waals surface area contributed by atoms with Crippen molar-refractivity contribution in [3.05, 3.63) is 59.4 Å². The number of amides is 2. The van der Waals surface area contributed by atoms with Crippen LogP contribution in [0, 0.1) is 11.3 Å². The van der Waals surface area contributed by atoms with Gasteiger partial charge in [0.25, 0.3) is 11.8 Å². The molecule has 0 unspecified atom stereocenters. The number of pyridine rings is 1. The molecule has 1 fully saturated rings. The maximum absolute atomic E-state index is 12.4. The van der Waals surface area contributed by atoms with E-state index in [0.717, 1.165) is 25.9 Å². The third kappa shape index (κ3) is 3.25. The van der Waals surface area contributed by atoms with Crippen LogP contribution in [0.25, 0.3) is 0 Å². The van der Waals surface area contributed by atoms with Crippen molar-refractivity contribution in [1.82, 2.24) is 9.88 Å². The molecule has 1 saturated heterocycles. The molecule has 2 amide bonds. The molecule has 3 rings (SSSR count). The van der Waals surface area contributed by atoms with Crippen LogP contribution in [-0.2, 0) is 0 Å². The average Bonchev–Trinajstić information content (AvgIpc) is 3.16. The van der Waals surface area contributed by atoms with Crippen molar-refractivity contribution in [3.8, 4) is 6.07 Å². The fourth-order valence-corrected chi connectivity index (χ4v) is 2.66. The van der Waals surface area contributed by atoms with Crippen LogP contribution < -0.4 is 5.32 Å². The first kappa shape index (κ1) is 15.7. The van der Waals surface area contributed by atoms with Crippen molar-refractivity contribution >= 4 is 17.5 Å². The van der Waals surface area contributed by atoms with Crippen LogP contribution in [0.1, 0.15) is 39.3 Å². The number of anilines is 1. The van der Waals surface area contributed by atoms with Gasteiger partial charge in [-0.15, -0.1) is 0 Å². The summed E-state index contributed by atoms with van der Waals surface area (Å²) in [5, 5.41) is 11.8. The van der Waals surface area contributed by atoms with Gasteiger partial charge in [0.2, 0.25) is 0 Å². The smallest absolute Gasteiger partial charge is 0.272 e. The number of carbonyl (C=O) groups is 2. The number of benzene rings is 1. The molecule has 2 heterocycles. The lowest BCUT2D eigenvalue weighted by molar-refractivity contribution is 0.0787. The Morgan fingerprint density at radius 3 is 2.67 bits per heavy atom. The number of para-hydroxylation sites is 1. The van der Waals surface area contributed by atoms with Crippen molar-refractivity contribution in [1.29, 1.82) is 5.26 Å². The standard InChI is InChI=1S/C18H16N4O2/c19-12-14-5-1-2-6-15(14)21-17(23)13-7-8-20-16(11-13)18(24)22-9-3-4-10-22/h1-2,5-8,11H,3-4,9-10H2,(H,21,23). The molecule has 0 spiro atoms. The van der Waals surface area contributed by atoms with Crippen molar-refractivity contribution in [3.63, 3.8) is 0 Å². The molecule has 6 nitrogen and oxygen atoms in total. The average molecular weight is 320 g/mol. The van der Waals surface area contributed by atoms with E-state index in [1.54, 1.807) is 35.2 Å². The molecule has 2 aromatic rings. The monoisotopic (exact) mass is 320 g/mol. The van der Waals surface area contributed by atoms with Crippen molar-refractivity contribution in [2.45, 2.75) is 12.8 Å². The van der Waals surface area contributed by atoms with E-state index in [0.29, 0.717) is 16.8 Å². The summed E-state index contributed by atoms with van der Waals surface area (Å²) < 4.78 is 0. The Morgan fingerprint density at radius 1 is 1.17 bits per heavy atom. The van der Waals surface area contributed by atoms with E-state index in [4.69, 9.17) is 5.26 Å². The lowest BCUT2D eigenvalue weighted by atomic mass is 10.1. The van der Waals surface area contributed by atoms with Gasteiger partial charge in [-0.1, -0.05) is 12.1 Å². The van der Waals surface area contributed by atoms with Crippen LogP contribution in [-0.4, -0.2) is 34.8 Å². The fourth-order valence-electron chi connectivity index (χ4n) is 2.66. The number of aromatic nitrogens is 1. The highest BCUT2D eigenvalue weighted by molar-refractivity contribution is 6.06. The van der Waals surface area contributed by atoms with Crippen LogP contribution >= 0.6 is 0 Å². The van der Waals surface area contributed by atoms with Gasteiger partial charge in [-0.2, -0.15) is 5.26 Å². The van der Waals surface area contributed by atoms with Gasteiger partial charge in [-0.3, -0.25) is 14.6 Å². The summed E-state index contributed by atoms with van der Waals surface area (Å²) >= 11 is 0. The Morgan fingerprint density at radius 2 is 1.92 bits per heavy atom. The number of hydrogen-bond donors (Lipinski definition) is 1. The Bertz CT molecular complexity index is 820. The number of likely N-dealkylation sites (tertiary alicyclic amines) is 1. The molecule has 24 heavy (non-hydrogen) atoms. The summed E-state index contributed by atoms with van der Waals surface area (Å²) in [5.41, 5.74) is 1.42. The number of nitriles is 1. The number of rotatable bonds is 3. The Hall–Kier alpha value is -3.20. The summed E-state index contributed by atoms with van der Waals surface area (Å²) in [7, 11) is 0. The molecule has 0 aliphatic carbocycles. The van der Waals surface area contributed by atoms with E-state index in [1.165, 1.54) is 12.3 Å². The minimum absolute atomic E-state index is 0.153. The van der Waals surface area contributed by atoms with Gasteiger partial charge >= 0.3 is 0 Å². The zero-order valence-electron chi connectivity index (χ0n) is 13.0. The molecule has 1 aromatic carbocycles. The number of nitrogens with zero attached hydrogens (tertiary/aromatic N) is 3. The zero-order valence-corrected chi connectivity index (χ0v) is 13.0. The zero-order chi connectivity index (χ0) is 16.9. The third-order valence-corrected chi connectivity index (χ3v) is 3.93. The van der Waals surface area contributed by atoms with E-state index < -0.39 is 0 Å². The second-order valence-electron chi connectivity index (χ2n) is 5.54. The highest BCUT2D eigenvalue weighted by Gasteiger charge is 2.21. The van der Waals surface area contributed by atoms with Crippen LogP contribution in [0.4, 0.5) is 5.69 Å². The molecule has 1 N–H and O–H groups in total. The van der Waals surface area contributed by atoms with Gasteiger partial charge in [0.1, 0.15) is 11.8 Å². The molecule has 120 valence electrons. The van der Waals surface area contributed by atoms with Gasteiger partial charge < -0.3 is 10.2 Å². The highest BCUT2D eigenvalue weighted by atomic mass is 16.2. The highest BCUT2D eigenvalue weighted by Crippen LogP contribution is 2.16. The van der Waals surface area contributed by atoms with E-state index in [2.05, 4.69) is 10.3 Å². The van der Waals surface area contributed by atoms with Gasteiger partial charge in [0.15, 0.2) is 0 Å². The van der Waals surface area contributed by atoms with E-state index in [1.807, 2.05) is 6.07 Å². The van der Waals surface area contributed by atoms with Crippen molar-refractivity contribution in [2.75, 3.05) is 18.4 Å². The minimum Gasteiger partial charge on any atom is -0.337 e. The lowest BCUT2D eigenvalue weighted by Gasteiger charge is -2.14. The molecular formula is C18H16N4O2. The predicted octanol–water partition coefficient (Wildman–Crippen LogP) is 2.44. The van der Waals surface area contributed by atoms with Gasteiger partial charge in [-0.25, -0.2) is 0 Å². The lowest BCUT2D eigenvalue weighted by Crippen LogP contribution is -2.28. The topological polar surface area (TPSA) is 86.1 Å². The molecule has 1 aliphatic rings. The summed E-state index contributed by atoms with van der Waals surface area (Å²) in [6.07, 6.45) is 3.45. The summed E-state index contributed by atoms with van der Waals surface area (Å²) in [4.78, 5) is 30.6. The molecule has 0 atom stereocenters. The Kier molecular flexibility index (Phi) is 4.52. The van der Waals surface area contributed by atoms with Gasteiger partial charge in [0.05, 0.1) is 11.3 Å². The molecule has 0 bridgehead atoms. The summed E-state index contributed by atoms with van der Waals surface area (Å²) in [5.74, 6) is -0.532. The van der Waals surface area contributed by atoms with Crippen LogP contribution in [0.2, 0.25) is 0 Å². The molecule has 0 radical (unpaired) electrons. The predicted molar refractivity (Wildman–Crippen MR) is 88.5 cm³/mol. The second kappa shape index (κ2) is 6.92. The first-order chi connectivity index (χ1) is 11.7. The molecule has 6 heteroatoms. The molecule has 0 saturated carbocycles. The molecule has 1 aliphatic heterocycles. The maximum Gasteiger partial charge on any atom is 0.272 e. The first-order valence-electron chi connectivity index (χ1n) is 7.75. The van der Waals surface area contributed by atoms with Gasteiger partial charge in [0, 0.05) is 24.8 Å². The normalized spacial score (nSPS) is 13.4. The number of carbonyl (C=O) groups excluding carboxylic acids is 2. The molecule has 1 aromatic heterocycles. The van der Waals surface area contributed by atoms with E-state index >= 15 is 0 Å². The van der Waals surface area contributed by atoms with Crippen LogP contribution in [0.3, 0.4) is 0 Å². The SMILES string of the molecule is N#Cc1ccccc1NC(=O)c1ccnc(C(=O)N2CCCC2)c1. The Labute approximate surface area is 139 Å². The largest absolute Gasteiger partial charge is 0.337 e. The Balaban J connectivity index is 1.79. The maximum atomic E-state index is 12.4.